The van der Waals surface area contributed by atoms with Crippen molar-refractivity contribution >= 4 is 21.7 Å². The van der Waals surface area contributed by atoms with Gasteiger partial charge in [-0.2, -0.15) is 0 Å². The van der Waals surface area contributed by atoms with Crippen LogP contribution < -0.4 is 14.2 Å². The molecule has 0 amide bonds. The van der Waals surface area contributed by atoms with Crippen LogP contribution in [0, 0.1) is 0 Å². The molecular formula is C30H29NO6S. The third kappa shape index (κ3) is 6.92. The molecule has 0 spiro atoms. The average molecular weight is 532 g/mol. The Labute approximate surface area is 222 Å². The first-order valence-electron chi connectivity index (χ1n) is 12.3. The molecule has 0 radical (unpaired) electrons. The van der Waals surface area contributed by atoms with Gasteiger partial charge in [-0.05, 0) is 72.1 Å². The van der Waals surface area contributed by atoms with E-state index in [1.165, 1.54) is 30.3 Å². The Bertz CT molecular complexity index is 1490. The zero-order valence-electron chi connectivity index (χ0n) is 21.0. The van der Waals surface area contributed by atoms with Gasteiger partial charge in [-0.3, -0.25) is 4.72 Å². The number of ether oxygens (including phenoxy) is 2. The van der Waals surface area contributed by atoms with Crippen molar-refractivity contribution in [2.75, 3.05) is 11.3 Å². The van der Waals surface area contributed by atoms with E-state index in [1.54, 1.807) is 18.2 Å². The van der Waals surface area contributed by atoms with Crippen LogP contribution in [-0.2, 0) is 22.9 Å². The van der Waals surface area contributed by atoms with Crippen molar-refractivity contribution in [3.63, 3.8) is 0 Å². The first kappa shape index (κ1) is 26.8. The number of para-hydroxylation sites is 2. The molecule has 4 aromatic carbocycles. The highest BCUT2D eigenvalue weighted by Gasteiger charge is 2.18. The molecule has 38 heavy (non-hydrogen) atoms. The molecule has 0 saturated heterocycles. The maximum atomic E-state index is 12.8. The summed E-state index contributed by atoms with van der Waals surface area (Å²) in [6.45, 7) is 2.53. The molecular weight excluding hydrogens is 502 g/mol. The lowest BCUT2D eigenvalue weighted by Gasteiger charge is -2.14. The minimum atomic E-state index is -3.94. The molecule has 4 aromatic rings. The fourth-order valence-corrected chi connectivity index (χ4v) is 5.01. The molecule has 4 rings (SSSR count). The Morgan fingerprint density at radius 3 is 2.26 bits per heavy atom. The normalized spacial score (nSPS) is 11.1. The summed E-state index contributed by atoms with van der Waals surface area (Å²) in [6, 6.07) is 27.7. The van der Waals surface area contributed by atoms with E-state index in [9.17, 15) is 18.3 Å². The number of anilines is 1. The molecule has 0 saturated carbocycles. The van der Waals surface area contributed by atoms with Crippen LogP contribution in [-0.4, -0.2) is 26.1 Å². The van der Waals surface area contributed by atoms with Gasteiger partial charge in [0.1, 0.15) is 17.2 Å². The Balaban J connectivity index is 1.38. The van der Waals surface area contributed by atoms with Crippen molar-refractivity contribution in [1.82, 2.24) is 0 Å². The van der Waals surface area contributed by atoms with E-state index >= 15 is 0 Å². The molecule has 8 heteroatoms. The van der Waals surface area contributed by atoms with Gasteiger partial charge in [0.15, 0.2) is 0 Å². The second-order valence-electron chi connectivity index (χ2n) is 8.63. The predicted octanol–water partition coefficient (Wildman–Crippen LogP) is 6.55. The molecule has 2 N–H and O–H groups in total. The van der Waals surface area contributed by atoms with Crippen molar-refractivity contribution in [2.45, 2.75) is 31.1 Å². The van der Waals surface area contributed by atoms with E-state index in [4.69, 9.17) is 9.47 Å². The molecule has 0 bridgehead atoms. The summed E-state index contributed by atoms with van der Waals surface area (Å²) in [5.74, 6) is 1.12. The highest BCUT2D eigenvalue weighted by Crippen LogP contribution is 2.29. The largest absolute Gasteiger partial charge is 0.493 e. The van der Waals surface area contributed by atoms with Gasteiger partial charge in [0.05, 0.1) is 22.8 Å². The highest BCUT2D eigenvalue weighted by atomic mass is 32.2. The van der Waals surface area contributed by atoms with Crippen molar-refractivity contribution in [3.05, 3.63) is 114 Å². The standard InChI is InChI=1S/C30H29NO6S/c1-2-8-23-21-25(37-24-9-4-3-5-10-24)15-18-29(23)36-20-19-22-13-16-26(17-14-22)38(34,35)31-28-12-7-6-11-27(28)30(32)33/h3-7,9-18,21,31H,2,8,19-20H2,1H3,(H,32,33). The number of hydrogen-bond donors (Lipinski definition) is 2. The van der Waals surface area contributed by atoms with Crippen LogP contribution in [0.2, 0.25) is 0 Å². The summed E-state index contributed by atoms with van der Waals surface area (Å²) >= 11 is 0. The van der Waals surface area contributed by atoms with Crippen molar-refractivity contribution in [1.29, 1.82) is 0 Å². The molecule has 0 heterocycles. The number of benzene rings is 4. The lowest BCUT2D eigenvalue weighted by molar-refractivity contribution is 0.0698. The molecule has 7 nitrogen and oxygen atoms in total. The molecule has 0 unspecified atom stereocenters. The zero-order valence-corrected chi connectivity index (χ0v) is 21.8. The maximum absolute atomic E-state index is 12.8. The molecule has 0 fully saturated rings. The van der Waals surface area contributed by atoms with Gasteiger partial charge in [-0.25, -0.2) is 13.2 Å². The summed E-state index contributed by atoms with van der Waals surface area (Å²) in [5, 5.41) is 9.30. The van der Waals surface area contributed by atoms with Gasteiger partial charge >= 0.3 is 5.97 Å². The van der Waals surface area contributed by atoms with E-state index in [0.717, 1.165) is 41.2 Å². The maximum Gasteiger partial charge on any atom is 0.337 e. The van der Waals surface area contributed by atoms with Crippen molar-refractivity contribution in [2.24, 2.45) is 0 Å². The minimum Gasteiger partial charge on any atom is -0.493 e. The summed E-state index contributed by atoms with van der Waals surface area (Å²) in [4.78, 5) is 11.4. The van der Waals surface area contributed by atoms with Crippen LogP contribution in [0.25, 0.3) is 0 Å². The van der Waals surface area contributed by atoms with Crippen molar-refractivity contribution in [3.8, 4) is 17.2 Å². The Kier molecular flexibility index (Phi) is 8.66. The van der Waals surface area contributed by atoms with Crippen LogP contribution in [0.5, 0.6) is 17.2 Å². The molecule has 0 aliphatic carbocycles. The van der Waals surface area contributed by atoms with Gasteiger partial charge in [-0.15, -0.1) is 0 Å². The van der Waals surface area contributed by atoms with Gasteiger partial charge in [0, 0.05) is 6.42 Å². The zero-order chi connectivity index (χ0) is 27.0. The van der Waals surface area contributed by atoms with E-state index in [0.29, 0.717) is 13.0 Å². The summed E-state index contributed by atoms with van der Waals surface area (Å²) in [5.41, 5.74) is 1.87. The Morgan fingerprint density at radius 1 is 0.842 bits per heavy atom. The number of hydrogen-bond acceptors (Lipinski definition) is 5. The first-order valence-corrected chi connectivity index (χ1v) is 13.8. The number of carbonyl (C=O) groups is 1. The predicted molar refractivity (Wildman–Crippen MR) is 147 cm³/mol. The highest BCUT2D eigenvalue weighted by molar-refractivity contribution is 7.92. The van der Waals surface area contributed by atoms with Gasteiger partial charge in [0.2, 0.25) is 0 Å². The Hall–Kier alpha value is -4.30. The molecule has 0 aromatic heterocycles. The third-order valence-corrected chi connectivity index (χ3v) is 7.20. The smallest absolute Gasteiger partial charge is 0.337 e. The third-order valence-electron chi connectivity index (χ3n) is 5.81. The van der Waals surface area contributed by atoms with Gasteiger partial charge in [-0.1, -0.05) is 55.8 Å². The number of aryl methyl sites for hydroxylation is 1. The number of sulfonamides is 1. The molecule has 0 aliphatic rings. The van der Waals surface area contributed by atoms with Crippen LogP contribution >= 0.6 is 0 Å². The van der Waals surface area contributed by atoms with Crippen molar-refractivity contribution < 1.29 is 27.8 Å². The number of aromatic carboxylic acids is 1. The number of carboxylic acids is 1. The molecule has 0 aliphatic heterocycles. The molecule has 0 atom stereocenters. The average Bonchev–Trinajstić information content (AvgIpc) is 2.91. The fourth-order valence-electron chi connectivity index (χ4n) is 3.93. The summed E-state index contributed by atoms with van der Waals surface area (Å²) < 4.78 is 40.0. The first-order chi connectivity index (χ1) is 18.4. The SMILES string of the molecule is CCCc1cc(Oc2ccccc2)ccc1OCCc1ccc(S(=O)(=O)Nc2ccccc2C(=O)O)cc1. The van der Waals surface area contributed by atoms with E-state index in [2.05, 4.69) is 11.6 Å². The van der Waals surface area contributed by atoms with E-state index in [1.807, 2.05) is 48.5 Å². The van der Waals surface area contributed by atoms with Crippen LogP contribution in [0.1, 0.15) is 34.8 Å². The topological polar surface area (TPSA) is 102 Å². The number of nitrogens with one attached hydrogen (secondary N) is 1. The summed E-state index contributed by atoms with van der Waals surface area (Å²) in [6.07, 6.45) is 2.40. The van der Waals surface area contributed by atoms with Crippen LogP contribution in [0.4, 0.5) is 5.69 Å². The van der Waals surface area contributed by atoms with Crippen LogP contribution in [0.15, 0.2) is 102 Å². The fraction of sp³-hybridized carbons (Fsp3) is 0.167. The monoisotopic (exact) mass is 531 g/mol. The number of rotatable bonds is 12. The number of carboxylic acid groups (broad SMARTS) is 1. The second-order valence-corrected chi connectivity index (χ2v) is 10.3. The van der Waals surface area contributed by atoms with Gasteiger partial charge in [0.25, 0.3) is 10.0 Å². The summed E-state index contributed by atoms with van der Waals surface area (Å²) in [7, 11) is -3.94. The lowest BCUT2D eigenvalue weighted by Crippen LogP contribution is -2.15. The Morgan fingerprint density at radius 2 is 1.55 bits per heavy atom. The second kappa shape index (κ2) is 12.3. The van der Waals surface area contributed by atoms with E-state index < -0.39 is 16.0 Å². The van der Waals surface area contributed by atoms with Crippen LogP contribution in [0.3, 0.4) is 0 Å². The quantitative estimate of drug-likeness (QED) is 0.215. The van der Waals surface area contributed by atoms with E-state index in [-0.39, 0.29) is 16.1 Å². The minimum absolute atomic E-state index is 0.0144. The van der Waals surface area contributed by atoms with Gasteiger partial charge < -0.3 is 14.6 Å². The molecule has 196 valence electrons. The lowest BCUT2D eigenvalue weighted by atomic mass is 10.1.